The lowest BCUT2D eigenvalue weighted by Crippen LogP contribution is -2.48. The van der Waals surface area contributed by atoms with Gasteiger partial charge >= 0.3 is 0 Å². The number of hydrogen-bond acceptors (Lipinski definition) is 5. The molecule has 9 heteroatoms. The highest BCUT2D eigenvalue weighted by Crippen LogP contribution is 2.09. The van der Waals surface area contributed by atoms with Gasteiger partial charge in [0.25, 0.3) is 0 Å². The third kappa shape index (κ3) is 5.38. The highest BCUT2D eigenvalue weighted by Gasteiger charge is 2.26. The second kappa shape index (κ2) is 8.93. The van der Waals surface area contributed by atoms with Gasteiger partial charge in [0.05, 0.1) is 12.2 Å². The van der Waals surface area contributed by atoms with Crippen LogP contribution in [-0.4, -0.2) is 54.7 Å². The molecule has 0 saturated heterocycles. The molecule has 2 rings (SSSR count). The Morgan fingerprint density at radius 2 is 2.00 bits per heavy atom. The molecule has 0 fully saturated rings. The summed E-state index contributed by atoms with van der Waals surface area (Å²) in [5, 5.41) is 3.85. The Kier molecular flexibility index (Phi) is 6.90. The molecule has 1 heterocycles. The zero-order valence-corrected chi connectivity index (χ0v) is 15.8. The van der Waals surface area contributed by atoms with E-state index in [4.69, 9.17) is 5.73 Å². The Morgan fingerprint density at radius 1 is 1.31 bits per heavy atom. The number of carbonyl (C=O) groups is 1. The first-order chi connectivity index (χ1) is 12.3. The Hall–Kier alpha value is -2.23. The molecule has 1 atom stereocenters. The van der Waals surface area contributed by atoms with Gasteiger partial charge in [-0.25, -0.2) is 8.42 Å². The van der Waals surface area contributed by atoms with Crippen molar-refractivity contribution in [3.05, 3.63) is 48.3 Å². The Morgan fingerprint density at radius 3 is 2.58 bits per heavy atom. The molecule has 3 N–H and O–H groups in total. The van der Waals surface area contributed by atoms with Crippen molar-refractivity contribution in [1.29, 1.82) is 0 Å². The van der Waals surface area contributed by atoms with Crippen LogP contribution in [0.1, 0.15) is 12.5 Å². The van der Waals surface area contributed by atoms with Crippen LogP contribution in [0.3, 0.4) is 0 Å². The maximum Gasteiger partial charge on any atom is 0.244 e. The van der Waals surface area contributed by atoms with Crippen molar-refractivity contribution in [2.45, 2.75) is 24.3 Å². The molecule has 0 aliphatic carbocycles. The van der Waals surface area contributed by atoms with Crippen LogP contribution < -0.4 is 10.5 Å². The van der Waals surface area contributed by atoms with Crippen LogP contribution >= 0.6 is 0 Å². The minimum absolute atomic E-state index is 0.0225. The minimum Gasteiger partial charge on any atom is -0.340 e. The topological polar surface area (TPSA) is 110 Å². The zero-order chi connectivity index (χ0) is 19.2. The van der Waals surface area contributed by atoms with Gasteiger partial charge < -0.3 is 10.6 Å². The second-order valence-electron chi connectivity index (χ2n) is 6.04. The predicted molar refractivity (Wildman–Crippen MR) is 98.8 cm³/mol. The monoisotopic (exact) mass is 379 g/mol. The van der Waals surface area contributed by atoms with E-state index in [0.717, 1.165) is 5.56 Å². The van der Waals surface area contributed by atoms with Crippen LogP contribution in [0.5, 0.6) is 0 Å². The van der Waals surface area contributed by atoms with Crippen LogP contribution in [0, 0.1) is 0 Å². The number of rotatable bonds is 9. The number of benzene rings is 1. The van der Waals surface area contributed by atoms with Crippen molar-refractivity contribution in [1.82, 2.24) is 19.4 Å². The van der Waals surface area contributed by atoms with Gasteiger partial charge in [-0.3, -0.25) is 9.48 Å². The molecule has 0 saturated carbocycles. The molecule has 1 aromatic heterocycles. The molecule has 1 amide bonds. The summed E-state index contributed by atoms with van der Waals surface area (Å²) in [7, 11) is -2.19. The third-order valence-electron chi connectivity index (χ3n) is 3.92. The SMILES string of the molecule is CC(NS(=O)(=O)c1cnn(C)c1)C(=O)N(CCN)CCc1ccccc1. The number of aromatic nitrogens is 2. The number of sulfonamides is 1. The van der Waals surface area contributed by atoms with E-state index in [-0.39, 0.29) is 10.8 Å². The van der Waals surface area contributed by atoms with E-state index in [1.807, 2.05) is 30.3 Å². The van der Waals surface area contributed by atoms with Crippen LogP contribution in [0.4, 0.5) is 0 Å². The predicted octanol–water partition coefficient (Wildman–Crippen LogP) is 0.117. The van der Waals surface area contributed by atoms with Crippen LogP contribution in [-0.2, 0) is 28.3 Å². The van der Waals surface area contributed by atoms with Gasteiger partial charge in [-0.2, -0.15) is 9.82 Å². The fourth-order valence-electron chi connectivity index (χ4n) is 2.56. The minimum atomic E-state index is -3.81. The number of nitrogens with one attached hydrogen (secondary N) is 1. The Bertz CT molecular complexity index is 820. The van der Waals surface area contributed by atoms with Gasteiger partial charge in [-0.1, -0.05) is 30.3 Å². The zero-order valence-electron chi connectivity index (χ0n) is 15.0. The first-order valence-corrected chi connectivity index (χ1v) is 9.85. The van der Waals surface area contributed by atoms with Crippen LogP contribution in [0.25, 0.3) is 0 Å². The summed E-state index contributed by atoms with van der Waals surface area (Å²) < 4.78 is 28.5. The summed E-state index contributed by atoms with van der Waals surface area (Å²) in [5.41, 5.74) is 6.72. The lowest BCUT2D eigenvalue weighted by Gasteiger charge is -2.25. The molecule has 0 aliphatic rings. The lowest BCUT2D eigenvalue weighted by molar-refractivity contribution is -0.132. The molecule has 1 aromatic carbocycles. The van der Waals surface area contributed by atoms with Crippen LogP contribution in [0.2, 0.25) is 0 Å². The maximum atomic E-state index is 12.7. The first kappa shape index (κ1) is 20.1. The lowest BCUT2D eigenvalue weighted by atomic mass is 10.1. The fraction of sp³-hybridized carbons (Fsp3) is 0.412. The van der Waals surface area contributed by atoms with E-state index in [9.17, 15) is 13.2 Å². The average molecular weight is 379 g/mol. The van der Waals surface area contributed by atoms with E-state index >= 15 is 0 Å². The number of nitrogens with two attached hydrogens (primary N) is 1. The third-order valence-corrected chi connectivity index (χ3v) is 5.41. The number of aryl methyl sites for hydroxylation is 1. The molecule has 8 nitrogen and oxygen atoms in total. The fourth-order valence-corrected chi connectivity index (χ4v) is 3.74. The van der Waals surface area contributed by atoms with Gasteiger partial charge in [-0.05, 0) is 18.9 Å². The van der Waals surface area contributed by atoms with Crippen molar-refractivity contribution in [3.8, 4) is 0 Å². The molecule has 0 radical (unpaired) electrons. The molecule has 26 heavy (non-hydrogen) atoms. The molecule has 1 unspecified atom stereocenters. The summed E-state index contributed by atoms with van der Waals surface area (Å²) >= 11 is 0. The van der Waals surface area contributed by atoms with Crippen LogP contribution in [0.15, 0.2) is 47.6 Å². The van der Waals surface area contributed by atoms with E-state index in [0.29, 0.717) is 26.1 Å². The van der Waals surface area contributed by atoms with Gasteiger partial charge in [0.1, 0.15) is 4.90 Å². The number of carbonyl (C=O) groups excluding carboxylic acids is 1. The molecule has 0 bridgehead atoms. The highest BCUT2D eigenvalue weighted by molar-refractivity contribution is 7.89. The molecule has 142 valence electrons. The molecule has 2 aromatic rings. The summed E-state index contributed by atoms with van der Waals surface area (Å²) in [4.78, 5) is 14.3. The van der Waals surface area contributed by atoms with E-state index in [1.165, 1.54) is 24.0 Å². The maximum absolute atomic E-state index is 12.7. The van der Waals surface area contributed by atoms with E-state index in [2.05, 4.69) is 9.82 Å². The van der Waals surface area contributed by atoms with Crippen molar-refractivity contribution >= 4 is 15.9 Å². The van der Waals surface area contributed by atoms with Gasteiger partial charge in [0.15, 0.2) is 0 Å². The van der Waals surface area contributed by atoms with Gasteiger partial charge in [-0.15, -0.1) is 0 Å². The van der Waals surface area contributed by atoms with Crippen molar-refractivity contribution < 1.29 is 13.2 Å². The summed E-state index contributed by atoms with van der Waals surface area (Å²) in [6.45, 7) is 2.68. The molecule has 0 aliphatic heterocycles. The van der Waals surface area contributed by atoms with E-state index < -0.39 is 16.1 Å². The Labute approximate surface area is 154 Å². The standard InChI is InChI=1S/C17H25N5O3S/c1-14(20-26(24,25)16-12-19-21(2)13-16)17(23)22(11-9-18)10-8-15-6-4-3-5-7-15/h3-7,12-14,20H,8-11,18H2,1-2H3. The number of hydrogen-bond donors (Lipinski definition) is 2. The largest absolute Gasteiger partial charge is 0.340 e. The number of nitrogens with zero attached hydrogens (tertiary/aromatic N) is 3. The van der Waals surface area contributed by atoms with E-state index in [1.54, 1.807) is 11.9 Å². The molecule has 0 spiro atoms. The van der Waals surface area contributed by atoms with Crippen molar-refractivity contribution in [2.24, 2.45) is 12.8 Å². The molecular weight excluding hydrogens is 354 g/mol. The average Bonchev–Trinajstić information content (AvgIpc) is 3.06. The number of amides is 1. The summed E-state index contributed by atoms with van der Waals surface area (Å²) in [6, 6.07) is 8.88. The Balaban J connectivity index is 2.02. The normalized spacial score (nSPS) is 12.7. The van der Waals surface area contributed by atoms with Gasteiger partial charge in [0, 0.05) is 32.9 Å². The first-order valence-electron chi connectivity index (χ1n) is 8.37. The molecular formula is C17H25N5O3S. The smallest absolute Gasteiger partial charge is 0.244 e. The quantitative estimate of drug-likeness (QED) is 0.643. The second-order valence-corrected chi connectivity index (χ2v) is 7.76. The van der Waals surface area contributed by atoms with Crippen molar-refractivity contribution in [2.75, 3.05) is 19.6 Å². The van der Waals surface area contributed by atoms with Crippen molar-refractivity contribution in [3.63, 3.8) is 0 Å². The van der Waals surface area contributed by atoms with Gasteiger partial charge in [0.2, 0.25) is 15.9 Å². The summed E-state index contributed by atoms with van der Waals surface area (Å²) in [6.07, 6.45) is 3.30. The summed E-state index contributed by atoms with van der Waals surface area (Å²) in [5.74, 6) is -0.307. The highest BCUT2D eigenvalue weighted by atomic mass is 32.2.